The quantitative estimate of drug-likeness (QED) is 0.237. The third kappa shape index (κ3) is 6.97. The Hall–Kier alpha value is -3.66. The molecule has 0 bridgehead atoms. The number of rotatable bonds is 11. The molecule has 0 amide bonds. The van der Waals surface area contributed by atoms with Gasteiger partial charge in [0, 0.05) is 35.7 Å². The average Bonchev–Trinajstić information content (AvgIpc) is 3.20. The fourth-order valence-corrected chi connectivity index (χ4v) is 5.01. The highest BCUT2D eigenvalue weighted by Gasteiger charge is 2.17. The molecular formula is C28H31N3O5S. The van der Waals surface area contributed by atoms with Crippen LogP contribution in [0, 0.1) is 0 Å². The smallest absolute Gasteiger partial charge is 0.352 e. The summed E-state index contributed by atoms with van der Waals surface area (Å²) in [6, 6.07) is 24.1. The van der Waals surface area contributed by atoms with E-state index in [-0.39, 0.29) is 18.3 Å². The number of aromatic carboxylic acids is 1. The maximum absolute atomic E-state index is 12.0. The van der Waals surface area contributed by atoms with Crippen molar-refractivity contribution in [2.24, 2.45) is 0 Å². The van der Waals surface area contributed by atoms with Crippen molar-refractivity contribution in [3.8, 4) is 0 Å². The molecule has 194 valence electrons. The summed E-state index contributed by atoms with van der Waals surface area (Å²) in [4.78, 5) is 12.0. The van der Waals surface area contributed by atoms with Crippen LogP contribution in [-0.2, 0) is 23.0 Å². The van der Waals surface area contributed by atoms with Crippen molar-refractivity contribution in [2.45, 2.75) is 32.0 Å². The highest BCUT2D eigenvalue weighted by Crippen LogP contribution is 2.25. The van der Waals surface area contributed by atoms with Crippen molar-refractivity contribution in [3.05, 3.63) is 101 Å². The Kier molecular flexibility index (Phi) is 7.97. The lowest BCUT2D eigenvalue weighted by Gasteiger charge is -2.18. The molecule has 4 N–H and O–H groups in total. The normalized spacial score (nSPS) is 13.4. The second-order valence-electron chi connectivity index (χ2n) is 9.33. The molecule has 0 saturated carbocycles. The van der Waals surface area contributed by atoms with E-state index in [2.05, 4.69) is 10.0 Å². The predicted octanol–water partition coefficient (Wildman–Crippen LogP) is 4.01. The van der Waals surface area contributed by atoms with Crippen LogP contribution < -0.4 is 10.0 Å². The van der Waals surface area contributed by atoms with Crippen LogP contribution in [0.3, 0.4) is 0 Å². The van der Waals surface area contributed by atoms with Gasteiger partial charge in [-0.25, -0.2) is 13.2 Å². The molecule has 8 nitrogen and oxygen atoms in total. The number of anilines is 1. The summed E-state index contributed by atoms with van der Waals surface area (Å²) in [5.74, 6) is -1.03. The monoisotopic (exact) mass is 521 g/mol. The summed E-state index contributed by atoms with van der Waals surface area (Å²) in [6.07, 6.45) is 1.20. The van der Waals surface area contributed by atoms with Gasteiger partial charge in [-0.05, 0) is 60.4 Å². The maximum Gasteiger partial charge on any atom is 0.352 e. The van der Waals surface area contributed by atoms with E-state index in [0.29, 0.717) is 18.7 Å². The predicted molar refractivity (Wildman–Crippen MR) is 145 cm³/mol. The minimum Gasteiger partial charge on any atom is -0.477 e. The summed E-state index contributed by atoms with van der Waals surface area (Å²) in [5.41, 5.74) is 4.05. The van der Waals surface area contributed by atoms with Crippen LogP contribution in [0.15, 0.2) is 78.9 Å². The highest BCUT2D eigenvalue weighted by molar-refractivity contribution is 7.92. The van der Waals surface area contributed by atoms with Gasteiger partial charge in [0.15, 0.2) is 0 Å². The number of nitrogens with one attached hydrogen (secondary N) is 2. The van der Waals surface area contributed by atoms with Crippen LogP contribution in [0.1, 0.15) is 40.2 Å². The zero-order valence-corrected chi connectivity index (χ0v) is 21.6. The number of benzene rings is 3. The number of nitrogens with zero attached hydrogens (tertiary/aromatic N) is 1. The summed E-state index contributed by atoms with van der Waals surface area (Å²) >= 11 is 0. The van der Waals surface area contributed by atoms with Crippen molar-refractivity contribution in [1.29, 1.82) is 0 Å². The lowest BCUT2D eigenvalue weighted by Crippen LogP contribution is -2.32. The molecule has 1 aromatic heterocycles. The first kappa shape index (κ1) is 26.4. The number of hydrogen-bond acceptors (Lipinski definition) is 5. The van der Waals surface area contributed by atoms with Gasteiger partial charge in [-0.15, -0.1) is 0 Å². The Balaban J connectivity index is 1.50. The first-order valence-corrected chi connectivity index (χ1v) is 13.9. The van der Waals surface area contributed by atoms with Crippen molar-refractivity contribution >= 4 is 32.6 Å². The third-order valence-corrected chi connectivity index (χ3v) is 6.75. The van der Waals surface area contributed by atoms with E-state index < -0.39 is 22.1 Å². The van der Waals surface area contributed by atoms with Crippen LogP contribution in [0.2, 0.25) is 0 Å². The maximum atomic E-state index is 12.0. The van der Waals surface area contributed by atoms with Crippen molar-refractivity contribution in [3.63, 3.8) is 0 Å². The number of aliphatic hydroxyl groups is 1. The number of fused-ring (bicyclic) bond motifs is 1. The molecule has 37 heavy (non-hydrogen) atoms. The van der Waals surface area contributed by atoms with E-state index in [1.807, 2.05) is 61.5 Å². The zero-order valence-electron chi connectivity index (χ0n) is 20.8. The summed E-state index contributed by atoms with van der Waals surface area (Å²) in [5, 5.41) is 24.4. The van der Waals surface area contributed by atoms with Crippen molar-refractivity contribution in [2.75, 3.05) is 17.5 Å². The fraction of sp³-hybridized carbons (Fsp3) is 0.250. The first-order valence-electron chi connectivity index (χ1n) is 12.0. The van der Waals surface area contributed by atoms with Gasteiger partial charge in [0.25, 0.3) is 0 Å². The van der Waals surface area contributed by atoms with Crippen LogP contribution in [0.25, 0.3) is 10.9 Å². The van der Waals surface area contributed by atoms with Crippen LogP contribution >= 0.6 is 0 Å². The average molecular weight is 522 g/mol. The number of hydrogen-bond donors (Lipinski definition) is 4. The second-order valence-corrected chi connectivity index (χ2v) is 11.1. The standard InChI is InChI=1S/C28H31N3O5S/c1-19(29-17-27(32)22-8-4-3-5-9-22)13-20-11-12-25-23(14-20)16-26(28(33)34)31(25)18-21-7-6-10-24(15-21)30-37(2,35)36/h3-12,14-16,19,27,29-30,32H,13,17-18H2,1-2H3,(H,33,34). The molecule has 0 aliphatic carbocycles. The summed E-state index contributed by atoms with van der Waals surface area (Å²) in [6.45, 7) is 2.76. The lowest BCUT2D eigenvalue weighted by molar-refractivity contribution is 0.0686. The van der Waals surface area contributed by atoms with Gasteiger partial charge in [0.2, 0.25) is 10.0 Å². The largest absolute Gasteiger partial charge is 0.477 e. The molecule has 9 heteroatoms. The molecule has 0 spiro atoms. The molecule has 0 aliphatic heterocycles. The molecule has 1 heterocycles. The second kappa shape index (κ2) is 11.2. The number of aliphatic hydroxyl groups excluding tert-OH is 1. The number of sulfonamides is 1. The summed E-state index contributed by atoms with van der Waals surface area (Å²) in [7, 11) is -3.42. The minimum atomic E-state index is -3.42. The van der Waals surface area contributed by atoms with Crippen molar-refractivity contribution in [1.82, 2.24) is 9.88 Å². The lowest BCUT2D eigenvalue weighted by atomic mass is 10.0. The molecule has 0 radical (unpaired) electrons. The molecule has 4 rings (SSSR count). The Labute approximate surface area is 216 Å². The Morgan fingerprint density at radius 2 is 1.73 bits per heavy atom. The molecule has 3 aromatic carbocycles. The van der Waals surface area contributed by atoms with Gasteiger partial charge in [0.1, 0.15) is 5.69 Å². The van der Waals surface area contributed by atoms with E-state index in [9.17, 15) is 23.4 Å². The van der Waals surface area contributed by atoms with Crippen LogP contribution in [-0.4, -0.2) is 48.0 Å². The van der Waals surface area contributed by atoms with Gasteiger partial charge in [-0.3, -0.25) is 4.72 Å². The Morgan fingerprint density at radius 1 is 0.973 bits per heavy atom. The van der Waals surface area contributed by atoms with Gasteiger partial charge >= 0.3 is 5.97 Å². The van der Waals surface area contributed by atoms with Gasteiger partial charge in [0.05, 0.1) is 12.4 Å². The van der Waals surface area contributed by atoms with Crippen LogP contribution in [0.5, 0.6) is 0 Å². The van der Waals surface area contributed by atoms with E-state index in [0.717, 1.165) is 33.8 Å². The highest BCUT2D eigenvalue weighted by atomic mass is 32.2. The molecule has 0 fully saturated rings. The molecule has 0 aliphatic rings. The fourth-order valence-electron chi connectivity index (χ4n) is 4.46. The van der Waals surface area contributed by atoms with E-state index >= 15 is 0 Å². The first-order chi connectivity index (χ1) is 17.6. The molecule has 0 saturated heterocycles. The Bertz CT molecular complexity index is 1500. The van der Waals surface area contributed by atoms with Crippen molar-refractivity contribution < 1.29 is 23.4 Å². The van der Waals surface area contributed by atoms with E-state index in [4.69, 9.17) is 0 Å². The van der Waals surface area contributed by atoms with Gasteiger partial charge in [-0.2, -0.15) is 0 Å². The van der Waals surface area contributed by atoms with E-state index in [1.54, 1.807) is 28.8 Å². The molecule has 2 unspecified atom stereocenters. The number of carboxylic acids is 1. The molecule has 2 atom stereocenters. The molecule has 4 aromatic rings. The number of carbonyl (C=O) groups is 1. The zero-order chi connectivity index (χ0) is 26.6. The number of aromatic nitrogens is 1. The van der Waals surface area contributed by atoms with Crippen LogP contribution in [0.4, 0.5) is 5.69 Å². The SMILES string of the molecule is CC(Cc1ccc2c(c1)cc(C(=O)O)n2Cc1cccc(NS(C)(=O)=O)c1)NCC(O)c1ccccc1. The van der Waals surface area contributed by atoms with E-state index in [1.165, 1.54) is 0 Å². The number of carboxylic acid groups (broad SMARTS) is 1. The molecular weight excluding hydrogens is 490 g/mol. The van der Waals surface area contributed by atoms with Gasteiger partial charge < -0.3 is 20.1 Å². The van der Waals surface area contributed by atoms with Gasteiger partial charge in [-0.1, -0.05) is 48.5 Å². The minimum absolute atomic E-state index is 0.0990. The topological polar surface area (TPSA) is 121 Å². The Morgan fingerprint density at radius 3 is 2.43 bits per heavy atom. The third-order valence-electron chi connectivity index (χ3n) is 6.14. The summed E-state index contributed by atoms with van der Waals surface area (Å²) < 4.78 is 27.3.